The van der Waals surface area contributed by atoms with Gasteiger partial charge in [-0.2, -0.15) is 0 Å². The van der Waals surface area contributed by atoms with E-state index in [-0.39, 0.29) is 5.97 Å². The minimum atomic E-state index is -0.370. The molecule has 2 nitrogen and oxygen atoms in total. The van der Waals surface area contributed by atoms with Crippen LogP contribution in [0.1, 0.15) is 12.5 Å². The Morgan fingerprint density at radius 1 is 1.05 bits per heavy atom. The zero-order chi connectivity index (χ0) is 13.7. The Kier molecular flexibility index (Phi) is 4.42. The van der Waals surface area contributed by atoms with Gasteiger partial charge in [-0.25, -0.2) is 4.79 Å². The number of benzene rings is 2. The molecule has 2 aromatic carbocycles. The fraction of sp³-hybridized carbons (Fsp3) is 0.0625. The molecule has 0 aliphatic rings. The molecule has 3 heteroatoms. The van der Waals surface area contributed by atoms with Crippen LogP contribution in [0.4, 0.5) is 0 Å². The van der Waals surface area contributed by atoms with Gasteiger partial charge in [0.05, 0.1) is 0 Å². The maximum absolute atomic E-state index is 11.9. The first-order valence-electron chi connectivity index (χ1n) is 5.90. The Morgan fingerprint density at radius 2 is 1.68 bits per heavy atom. The van der Waals surface area contributed by atoms with E-state index in [0.717, 1.165) is 5.56 Å². The van der Waals surface area contributed by atoms with Crippen LogP contribution in [0.2, 0.25) is 0 Å². The minimum Gasteiger partial charge on any atom is -0.422 e. The summed E-state index contributed by atoms with van der Waals surface area (Å²) in [6.07, 6.45) is 1.80. The number of hydrogen-bond acceptors (Lipinski definition) is 3. The number of carbonyl (C=O) groups is 1. The first-order valence-corrected chi connectivity index (χ1v) is 6.35. The average molecular weight is 270 g/mol. The lowest BCUT2D eigenvalue weighted by Gasteiger charge is -2.06. The number of para-hydroxylation sites is 1. The van der Waals surface area contributed by atoms with Crippen molar-refractivity contribution < 1.29 is 9.53 Å². The third-order valence-electron chi connectivity index (χ3n) is 2.57. The van der Waals surface area contributed by atoms with Crippen molar-refractivity contribution >= 4 is 24.7 Å². The molecule has 2 aromatic rings. The highest BCUT2D eigenvalue weighted by molar-refractivity contribution is 7.80. The van der Waals surface area contributed by atoms with Gasteiger partial charge in [-0.05, 0) is 30.7 Å². The van der Waals surface area contributed by atoms with Crippen molar-refractivity contribution in [2.24, 2.45) is 0 Å². The summed E-state index contributed by atoms with van der Waals surface area (Å²) >= 11 is 4.24. The van der Waals surface area contributed by atoms with Crippen LogP contribution in [0.25, 0.3) is 6.08 Å². The topological polar surface area (TPSA) is 26.3 Å². The van der Waals surface area contributed by atoms with E-state index < -0.39 is 0 Å². The first-order chi connectivity index (χ1) is 9.16. The highest BCUT2D eigenvalue weighted by Crippen LogP contribution is 2.22. The molecule has 0 unspecified atom stereocenters. The Balaban J connectivity index is 2.12. The standard InChI is InChI=1S/C16H14O2S/c1-12(11-13-7-3-2-4-8-13)16(17)18-14-9-5-6-10-15(14)19/h2-11,19H,1H3/b12-11+. The molecule has 0 aliphatic carbocycles. The van der Waals surface area contributed by atoms with E-state index in [1.165, 1.54) is 0 Å². The molecule has 0 aliphatic heterocycles. The molecule has 0 aromatic heterocycles. The number of esters is 1. The highest BCUT2D eigenvalue weighted by atomic mass is 32.1. The van der Waals surface area contributed by atoms with Crippen LogP contribution in [0.15, 0.2) is 65.1 Å². The van der Waals surface area contributed by atoms with E-state index in [4.69, 9.17) is 4.74 Å². The monoisotopic (exact) mass is 270 g/mol. The van der Waals surface area contributed by atoms with Gasteiger partial charge in [0.2, 0.25) is 0 Å². The second-order valence-electron chi connectivity index (χ2n) is 4.10. The van der Waals surface area contributed by atoms with E-state index in [2.05, 4.69) is 12.6 Å². The summed E-state index contributed by atoms with van der Waals surface area (Å²) in [4.78, 5) is 12.6. The van der Waals surface area contributed by atoms with Gasteiger partial charge < -0.3 is 4.74 Å². The first kappa shape index (κ1) is 13.4. The van der Waals surface area contributed by atoms with Crippen LogP contribution >= 0.6 is 12.6 Å². The maximum atomic E-state index is 11.9. The van der Waals surface area contributed by atoms with Gasteiger partial charge in [0.25, 0.3) is 0 Å². The molecule has 0 radical (unpaired) electrons. The highest BCUT2D eigenvalue weighted by Gasteiger charge is 2.09. The Bertz CT molecular complexity index is 603. The molecule has 0 heterocycles. The smallest absolute Gasteiger partial charge is 0.339 e. The van der Waals surface area contributed by atoms with E-state index in [9.17, 15) is 4.79 Å². The molecule has 2 rings (SSSR count). The second-order valence-corrected chi connectivity index (χ2v) is 4.58. The molecule has 0 fully saturated rings. The molecular formula is C16H14O2S. The van der Waals surface area contributed by atoms with E-state index >= 15 is 0 Å². The number of ether oxygens (including phenoxy) is 1. The largest absolute Gasteiger partial charge is 0.422 e. The summed E-state index contributed by atoms with van der Waals surface area (Å²) < 4.78 is 5.30. The third kappa shape index (κ3) is 3.73. The molecular weight excluding hydrogens is 256 g/mol. The maximum Gasteiger partial charge on any atom is 0.339 e. The minimum absolute atomic E-state index is 0.370. The third-order valence-corrected chi connectivity index (χ3v) is 2.94. The summed E-state index contributed by atoms with van der Waals surface area (Å²) in [7, 11) is 0. The van der Waals surface area contributed by atoms with Crippen molar-refractivity contribution in [2.75, 3.05) is 0 Å². The van der Waals surface area contributed by atoms with Crippen LogP contribution in [-0.4, -0.2) is 5.97 Å². The molecule has 0 bridgehead atoms. The normalized spacial score (nSPS) is 11.2. The van der Waals surface area contributed by atoms with Gasteiger partial charge in [-0.3, -0.25) is 0 Å². The van der Waals surface area contributed by atoms with E-state index in [1.54, 1.807) is 31.2 Å². The van der Waals surface area contributed by atoms with E-state index in [1.807, 2.05) is 36.4 Å². The Hall–Kier alpha value is -2.00. The van der Waals surface area contributed by atoms with Gasteiger partial charge >= 0.3 is 5.97 Å². The van der Waals surface area contributed by atoms with Crippen LogP contribution in [0.5, 0.6) is 5.75 Å². The molecule has 0 N–H and O–H groups in total. The van der Waals surface area contributed by atoms with Crippen LogP contribution in [0, 0.1) is 0 Å². The average Bonchev–Trinajstić information content (AvgIpc) is 2.42. The molecule has 0 saturated heterocycles. The molecule has 0 saturated carbocycles. The zero-order valence-corrected chi connectivity index (χ0v) is 11.4. The fourth-order valence-electron chi connectivity index (χ4n) is 1.58. The lowest BCUT2D eigenvalue weighted by atomic mass is 10.1. The summed E-state index contributed by atoms with van der Waals surface area (Å²) in [5.41, 5.74) is 1.51. The summed E-state index contributed by atoms with van der Waals surface area (Å²) in [5, 5.41) is 0. The van der Waals surface area contributed by atoms with Crippen molar-refractivity contribution in [2.45, 2.75) is 11.8 Å². The van der Waals surface area contributed by atoms with Gasteiger partial charge in [0.15, 0.2) is 0 Å². The summed E-state index contributed by atoms with van der Waals surface area (Å²) in [6.45, 7) is 1.73. The Morgan fingerprint density at radius 3 is 2.37 bits per heavy atom. The van der Waals surface area contributed by atoms with Crippen LogP contribution in [-0.2, 0) is 4.79 Å². The molecule has 0 spiro atoms. The lowest BCUT2D eigenvalue weighted by molar-refractivity contribution is -0.130. The van der Waals surface area contributed by atoms with Crippen molar-refractivity contribution in [3.63, 3.8) is 0 Å². The van der Waals surface area contributed by atoms with E-state index in [0.29, 0.717) is 16.2 Å². The van der Waals surface area contributed by atoms with Crippen molar-refractivity contribution in [3.05, 3.63) is 65.7 Å². The molecule has 0 atom stereocenters. The second kappa shape index (κ2) is 6.25. The zero-order valence-electron chi connectivity index (χ0n) is 10.5. The number of hydrogen-bond donors (Lipinski definition) is 1. The van der Waals surface area contributed by atoms with Crippen molar-refractivity contribution in [1.29, 1.82) is 0 Å². The number of rotatable bonds is 3. The fourth-order valence-corrected chi connectivity index (χ4v) is 1.79. The van der Waals surface area contributed by atoms with Crippen LogP contribution < -0.4 is 4.74 Å². The number of carbonyl (C=O) groups excluding carboxylic acids is 1. The van der Waals surface area contributed by atoms with Gasteiger partial charge in [0, 0.05) is 10.5 Å². The predicted octanol–water partition coefficient (Wildman–Crippen LogP) is 3.98. The van der Waals surface area contributed by atoms with Crippen LogP contribution in [0.3, 0.4) is 0 Å². The van der Waals surface area contributed by atoms with Gasteiger partial charge in [-0.1, -0.05) is 42.5 Å². The van der Waals surface area contributed by atoms with Gasteiger partial charge in [-0.15, -0.1) is 12.6 Å². The molecule has 96 valence electrons. The molecule has 19 heavy (non-hydrogen) atoms. The molecule has 0 amide bonds. The Labute approximate surface area is 118 Å². The SMILES string of the molecule is C/C(=C\c1ccccc1)C(=O)Oc1ccccc1S. The van der Waals surface area contributed by atoms with Gasteiger partial charge in [0.1, 0.15) is 5.75 Å². The summed E-state index contributed by atoms with van der Waals surface area (Å²) in [5.74, 6) is 0.0991. The summed E-state index contributed by atoms with van der Waals surface area (Å²) in [6, 6.07) is 16.8. The predicted molar refractivity (Wildman–Crippen MR) is 79.4 cm³/mol. The van der Waals surface area contributed by atoms with Crippen molar-refractivity contribution in [3.8, 4) is 5.75 Å². The lowest BCUT2D eigenvalue weighted by Crippen LogP contribution is -2.09. The van der Waals surface area contributed by atoms with Crippen molar-refractivity contribution in [1.82, 2.24) is 0 Å². The quantitative estimate of drug-likeness (QED) is 0.395. The number of thiol groups is 1.